The van der Waals surface area contributed by atoms with E-state index in [2.05, 4.69) is 10.3 Å². The summed E-state index contributed by atoms with van der Waals surface area (Å²) in [6.45, 7) is 2.57. The first-order valence-electron chi connectivity index (χ1n) is 9.88. The van der Waals surface area contributed by atoms with E-state index < -0.39 is 6.09 Å². The number of rotatable bonds is 3. The third-order valence-corrected chi connectivity index (χ3v) is 6.48. The van der Waals surface area contributed by atoms with Crippen molar-refractivity contribution in [2.24, 2.45) is 0 Å². The number of amides is 2. The Balaban J connectivity index is 1.54. The molecular weight excluding hydrogens is 406 g/mol. The summed E-state index contributed by atoms with van der Waals surface area (Å²) in [5.74, 6) is -0.166. The molecule has 10 heteroatoms. The molecule has 2 atom stereocenters. The third kappa shape index (κ3) is 3.26. The van der Waals surface area contributed by atoms with Gasteiger partial charge in [0.2, 0.25) is 5.91 Å². The van der Waals surface area contributed by atoms with Crippen molar-refractivity contribution < 1.29 is 19.1 Å². The molecule has 0 aliphatic carbocycles. The van der Waals surface area contributed by atoms with Gasteiger partial charge in [-0.3, -0.25) is 9.69 Å². The lowest BCUT2D eigenvalue weighted by atomic mass is 9.92. The summed E-state index contributed by atoms with van der Waals surface area (Å²) in [5, 5.41) is 15.1. The van der Waals surface area contributed by atoms with Gasteiger partial charge in [-0.1, -0.05) is 0 Å². The smallest absolute Gasteiger partial charge is 0.407 e. The number of nitrogens with one attached hydrogen (secondary N) is 1. The summed E-state index contributed by atoms with van der Waals surface area (Å²) >= 11 is 1.48. The highest BCUT2D eigenvalue weighted by molar-refractivity contribution is 7.13. The van der Waals surface area contributed by atoms with E-state index in [1.807, 2.05) is 16.3 Å². The monoisotopic (exact) mass is 427 g/mol. The summed E-state index contributed by atoms with van der Waals surface area (Å²) in [7, 11) is 0. The zero-order valence-corrected chi connectivity index (χ0v) is 17.2. The van der Waals surface area contributed by atoms with Gasteiger partial charge in [0, 0.05) is 37.3 Å². The molecule has 5 rings (SSSR count). The highest BCUT2D eigenvalue weighted by Crippen LogP contribution is 2.37. The van der Waals surface area contributed by atoms with Crippen LogP contribution in [0.1, 0.15) is 26.2 Å². The zero-order valence-electron chi connectivity index (χ0n) is 16.4. The number of carbonyl (C=O) groups excluding carboxylic acids is 1. The van der Waals surface area contributed by atoms with E-state index in [1.54, 1.807) is 17.2 Å². The molecule has 30 heavy (non-hydrogen) atoms. The second-order valence-electron chi connectivity index (χ2n) is 7.72. The molecule has 0 radical (unpaired) electrons. The van der Waals surface area contributed by atoms with Crippen molar-refractivity contribution in [2.75, 3.05) is 23.3 Å². The van der Waals surface area contributed by atoms with Gasteiger partial charge in [-0.2, -0.15) is 4.98 Å². The number of fused-ring (bicyclic) bond motifs is 3. The largest absolute Gasteiger partial charge is 0.465 e. The SMILES string of the molecule is CC(=O)Nc1cc(-c2nccs2)c2oc(N3CC4CCCC(C3)N4C(=O)O)nc2c1. The topological polar surface area (TPSA) is 112 Å². The molecule has 2 N–H and O–H groups in total. The quantitative estimate of drug-likeness (QED) is 0.656. The first-order chi connectivity index (χ1) is 14.5. The number of hydrogen-bond donors (Lipinski definition) is 2. The highest BCUT2D eigenvalue weighted by Gasteiger charge is 2.41. The summed E-state index contributed by atoms with van der Waals surface area (Å²) in [4.78, 5) is 36.0. The number of carbonyl (C=O) groups is 2. The first kappa shape index (κ1) is 18.9. The molecule has 9 nitrogen and oxygen atoms in total. The predicted octanol–water partition coefficient (Wildman–Crippen LogP) is 3.63. The minimum Gasteiger partial charge on any atom is -0.465 e. The van der Waals surface area contributed by atoms with Crippen LogP contribution in [0.15, 0.2) is 28.1 Å². The van der Waals surface area contributed by atoms with Crippen molar-refractivity contribution >= 4 is 46.1 Å². The minimum absolute atomic E-state index is 0.0571. The Morgan fingerprint density at radius 1 is 1.27 bits per heavy atom. The van der Waals surface area contributed by atoms with Gasteiger partial charge in [0.05, 0.1) is 17.6 Å². The van der Waals surface area contributed by atoms with Gasteiger partial charge in [0.15, 0.2) is 5.58 Å². The van der Waals surface area contributed by atoms with Crippen LogP contribution in [0, 0.1) is 0 Å². The summed E-state index contributed by atoms with van der Waals surface area (Å²) in [6, 6.07) is 3.99. The second kappa shape index (κ2) is 7.28. The average Bonchev–Trinajstić information content (AvgIpc) is 3.35. The van der Waals surface area contributed by atoms with Gasteiger partial charge in [-0.05, 0) is 31.4 Å². The molecule has 0 saturated carbocycles. The van der Waals surface area contributed by atoms with Crippen molar-refractivity contribution in [1.82, 2.24) is 14.9 Å². The van der Waals surface area contributed by atoms with E-state index >= 15 is 0 Å². The summed E-state index contributed by atoms with van der Waals surface area (Å²) in [5.41, 5.74) is 2.65. The Labute approximate surface area is 176 Å². The van der Waals surface area contributed by atoms with E-state index in [-0.39, 0.29) is 18.0 Å². The third-order valence-electron chi connectivity index (χ3n) is 5.68. The van der Waals surface area contributed by atoms with Gasteiger partial charge in [0.25, 0.3) is 6.01 Å². The fourth-order valence-electron chi connectivity index (χ4n) is 4.52. The van der Waals surface area contributed by atoms with Gasteiger partial charge >= 0.3 is 6.09 Å². The highest BCUT2D eigenvalue weighted by atomic mass is 32.1. The maximum atomic E-state index is 11.7. The molecule has 1 aromatic carbocycles. The van der Waals surface area contributed by atoms with Crippen molar-refractivity contribution in [1.29, 1.82) is 0 Å². The molecule has 2 aromatic heterocycles. The number of thiazole rings is 1. The molecule has 2 amide bonds. The summed E-state index contributed by atoms with van der Waals surface area (Å²) in [6.07, 6.45) is 3.59. The van der Waals surface area contributed by atoms with Gasteiger partial charge in [0.1, 0.15) is 10.5 Å². The van der Waals surface area contributed by atoms with Crippen molar-refractivity contribution in [3.05, 3.63) is 23.7 Å². The lowest BCUT2D eigenvalue weighted by molar-refractivity contribution is -0.114. The normalized spacial score (nSPS) is 21.1. The molecular formula is C20H21N5O4S. The van der Waals surface area contributed by atoms with Gasteiger partial charge in [-0.25, -0.2) is 9.78 Å². The van der Waals surface area contributed by atoms with E-state index in [1.165, 1.54) is 18.3 Å². The fourth-order valence-corrected chi connectivity index (χ4v) is 5.17. The summed E-state index contributed by atoms with van der Waals surface area (Å²) < 4.78 is 6.19. The van der Waals surface area contributed by atoms with Gasteiger partial charge < -0.3 is 19.7 Å². The van der Waals surface area contributed by atoms with Crippen LogP contribution < -0.4 is 10.2 Å². The molecule has 2 aliphatic rings. The van der Waals surface area contributed by atoms with Crippen LogP contribution in [-0.2, 0) is 4.79 Å². The van der Waals surface area contributed by atoms with Crippen molar-refractivity contribution in [2.45, 2.75) is 38.3 Å². The predicted molar refractivity (Wildman–Crippen MR) is 113 cm³/mol. The Morgan fingerprint density at radius 2 is 2.03 bits per heavy atom. The van der Waals surface area contributed by atoms with Crippen LogP contribution in [-0.4, -0.2) is 57.1 Å². The van der Waals surface area contributed by atoms with Crippen LogP contribution >= 0.6 is 11.3 Å². The Bertz CT molecular complexity index is 1100. The average molecular weight is 427 g/mol. The number of carboxylic acid groups (broad SMARTS) is 1. The Hall–Kier alpha value is -3.14. The standard InChI is InChI=1S/C20H21N5O4S/c1-11(26)22-12-7-15(18-21-5-6-30-18)17-16(8-12)23-19(29-17)24-9-13-3-2-4-14(10-24)25(13)20(27)28/h5-8,13-14H,2-4,9-10H2,1H3,(H,22,26)(H,27,28). The van der Waals surface area contributed by atoms with Gasteiger partial charge in [-0.15, -0.1) is 11.3 Å². The number of aromatic nitrogens is 2. The van der Waals surface area contributed by atoms with E-state index in [0.717, 1.165) is 29.8 Å². The van der Waals surface area contributed by atoms with Crippen LogP contribution in [0.2, 0.25) is 0 Å². The van der Waals surface area contributed by atoms with Crippen molar-refractivity contribution in [3.8, 4) is 10.6 Å². The minimum atomic E-state index is -0.854. The molecule has 2 bridgehead atoms. The van der Waals surface area contributed by atoms with Crippen LogP contribution in [0.4, 0.5) is 16.5 Å². The van der Waals surface area contributed by atoms with Crippen LogP contribution in [0.25, 0.3) is 21.7 Å². The zero-order chi connectivity index (χ0) is 20.8. The fraction of sp³-hybridized carbons (Fsp3) is 0.400. The first-order valence-corrected chi connectivity index (χ1v) is 10.8. The Morgan fingerprint density at radius 3 is 2.67 bits per heavy atom. The maximum absolute atomic E-state index is 11.7. The molecule has 156 valence electrons. The molecule has 4 heterocycles. The lowest BCUT2D eigenvalue weighted by Gasteiger charge is -2.48. The number of piperidine rings is 1. The van der Waals surface area contributed by atoms with Crippen molar-refractivity contribution in [3.63, 3.8) is 0 Å². The molecule has 2 fully saturated rings. The lowest BCUT2D eigenvalue weighted by Crippen LogP contribution is -2.62. The van der Waals surface area contributed by atoms with Crippen LogP contribution in [0.5, 0.6) is 0 Å². The second-order valence-corrected chi connectivity index (χ2v) is 8.61. The number of hydrogen-bond acceptors (Lipinski definition) is 7. The van der Waals surface area contributed by atoms with E-state index in [9.17, 15) is 14.7 Å². The van der Waals surface area contributed by atoms with E-state index in [0.29, 0.717) is 35.9 Å². The van der Waals surface area contributed by atoms with Crippen LogP contribution in [0.3, 0.4) is 0 Å². The molecule has 2 unspecified atom stereocenters. The number of nitrogens with zero attached hydrogens (tertiary/aromatic N) is 4. The molecule has 2 aliphatic heterocycles. The molecule has 3 aromatic rings. The number of anilines is 2. The Kier molecular flexibility index (Phi) is 4.58. The number of piperazine rings is 1. The number of oxazole rings is 1. The maximum Gasteiger partial charge on any atom is 0.407 e. The molecule has 2 saturated heterocycles. The van der Waals surface area contributed by atoms with E-state index in [4.69, 9.17) is 9.40 Å². The number of benzene rings is 1. The molecule has 0 spiro atoms.